The highest BCUT2D eigenvalue weighted by atomic mass is 16.5. The highest BCUT2D eigenvalue weighted by molar-refractivity contribution is 6.01. The van der Waals surface area contributed by atoms with Gasteiger partial charge in [0.1, 0.15) is 0 Å². The van der Waals surface area contributed by atoms with Gasteiger partial charge in [0.25, 0.3) is 0 Å². The molecule has 0 radical (unpaired) electrons. The molecule has 4 nitrogen and oxygen atoms in total. The molecule has 0 aromatic heterocycles. The summed E-state index contributed by atoms with van der Waals surface area (Å²) in [6.45, 7) is 5.46. The van der Waals surface area contributed by atoms with E-state index in [0.717, 1.165) is 0 Å². The van der Waals surface area contributed by atoms with Crippen molar-refractivity contribution < 1.29 is 14.3 Å². The van der Waals surface area contributed by atoms with Crippen molar-refractivity contribution in [1.29, 1.82) is 0 Å². The van der Waals surface area contributed by atoms with Gasteiger partial charge in [-0.3, -0.25) is 4.79 Å². The molecule has 0 aliphatic carbocycles. The predicted octanol–water partition coefficient (Wildman–Crippen LogP) is 0.589. The van der Waals surface area contributed by atoms with Gasteiger partial charge in [0, 0.05) is 5.70 Å². The van der Waals surface area contributed by atoms with Gasteiger partial charge in [-0.25, -0.2) is 4.79 Å². The van der Waals surface area contributed by atoms with E-state index in [1.165, 1.54) is 0 Å². The van der Waals surface area contributed by atoms with Crippen LogP contribution in [0.2, 0.25) is 0 Å². The first kappa shape index (κ1) is 9.77. The van der Waals surface area contributed by atoms with E-state index in [2.05, 4.69) is 5.32 Å². The minimum absolute atomic E-state index is 0.138. The zero-order valence-electron chi connectivity index (χ0n) is 8.01. The van der Waals surface area contributed by atoms with Crippen molar-refractivity contribution in [1.82, 2.24) is 5.32 Å². The number of esters is 1. The summed E-state index contributed by atoms with van der Waals surface area (Å²) in [6.07, 6.45) is 0. The van der Waals surface area contributed by atoms with E-state index in [-0.39, 0.29) is 11.8 Å². The Morgan fingerprint density at radius 2 is 2.23 bits per heavy atom. The zero-order chi connectivity index (χ0) is 10.0. The lowest BCUT2D eigenvalue weighted by molar-refractivity contribution is -0.139. The van der Waals surface area contributed by atoms with Gasteiger partial charge < -0.3 is 10.1 Å². The van der Waals surface area contributed by atoms with E-state index in [1.54, 1.807) is 20.8 Å². The first-order valence-electron chi connectivity index (χ1n) is 4.26. The molecule has 0 spiro atoms. The van der Waals surface area contributed by atoms with Gasteiger partial charge >= 0.3 is 5.97 Å². The average Bonchev–Trinajstić information content (AvgIpc) is 2.27. The predicted molar refractivity (Wildman–Crippen MR) is 46.6 cm³/mol. The fraction of sp³-hybridized carbons (Fsp3) is 0.556. The molecule has 1 rings (SSSR count). The molecule has 0 saturated carbocycles. The van der Waals surface area contributed by atoms with Crippen LogP contribution in [0.3, 0.4) is 0 Å². The number of amides is 1. The second kappa shape index (κ2) is 3.60. The molecule has 1 N–H and O–H groups in total. The largest absolute Gasteiger partial charge is 0.463 e. The van der Waals surface area contributed by atoms with E-state index in [4.69, 9.17) is 4.74 Å². The highest BCUT2D eigenvalue weighted by Gasteiger charge is 2.32. The lowest BCUT2D eigenvalue weighted by Gasteiger charge is -2.05. The summed E-state index contributed by atoms with van der Waals surface area (Å²) in [5.41, 5.74) is 1.06. The van der Waals surface area contributed by atoms with Crippen molar-refractivity contribution in [3.05, 3.63) is 11.3 Å². The second-order valence-corrected chi connectivity index (χ2v) is 2.97. The molecule has 0 unspecified atom stereocenters. The first-order valence-corrected chi connectivity index (χ1v) is 4.26. The lowest BCUT2D eigenvalue weighted by atomic mass is 10.0. The Bertz CT molecular complexity index is 281. The van der Waals surface area contributed by atoms with Crippen molar-refractivity contribution in [3.8, 4) is 0 Å². The van der Waals surface area contributed by atoms with Crippen LogP contribution in [0.25, 0.3) is 0 Å². The molecule has 0 fully saturated rings. The third-order valence-electron chi connectivity index (χ3n) is 2.04. The molecule has 13 heavy (non-hydrogen) atoms. The molecule has 0 aromatic rings. The maximum atomic E-state index is 11.3. The Hall–Kier alpha value is -1.32. The normalized spacial score (nSPS) is 21.8. The fourth-order valence-corrected chi connectivity index (χ4v) is 1.35. The van der Waals surface area contributed by atoms with Gasteiger partial charge in [-0.05, 0) is 20.8 Å². The molecular formula is C9H13NO3. The number of nitrogens with one attached hydrogen (secondary N) is 1. The molecule has 1 heterocycles. The molecule has 1 aliphatic rings. The van der Waals surface area contributed by atoms with Crippen LogP contribution < -0.4 is 5.32 Å². The number of allylic oxidation sites excluding steroid dienone is 1. The summed E-state index contributed by atoms with van der Waals surface area (Å²) in [7, 11) is 0. The smallest absolute Gasteiger partial charge is 0.336 e. The highest BCUT2D eigenvalue weighted by Crippen LogP contribution is 2.22. The van der Waals surface area contributed by atoms with Gasteiger partial charge in [-0.15, -0.1) is 0 Å². The van der Waals surface area contributed by atoms with Crippen molar-refractivity contribution in [3.63, 3.8) is 0 Å². The molecule has 1 atom stereocenters. The number of hydrogen-bond donors (Lipinski definition) is 1. The van der Waals surface area contributed by atoms with Crippen molar-refractivity contribution in [2.24, 2.45) is 5.92 Å². The second-order valence-electron chi connectivity index (χ2n) is 2.97. The van der Waals surface area contributed by atoms with Crippen molar-refractivity contribution in [2.75, 3.05) is 6.61 Å². The summed E-state index contributed by atoms with van der Waals surface area (Å²) in [6, 6.07) is 0. The molecule has 4 heteroatoms. The van der Waals surface area contributed by atoms with Crippen LogP contribution in [0, 0.1) is 5.92 Å². The van der Waals surface area contributed by atoms with Crippen LogP contribution in [0.1, 0.15) is 20.8 Å². The molecular weight excluding hydrogens is 170 g/mol. The average molecular weight is 183 g/mol. The Morgan fingerprint density at radius 1 is 1.62 bits per heavy atom. The number of carbonyl (C=O) groups excluding carboxylic acids is 2. The Balaban J connectivity index is 2.84. The van der Waals surface area contributed by atoms with E-state index in [9.17, 15) is 9.59 Å². The van der Waals surface area contributed by atoms with E-state index in [0.29, 0.717) is 17.9 Å². The topological polar surface area (TPSA) is 55.4 Å². The Morgan fingerprint density at radius 3 is 2.62 bits per heavy atom. The fourth-order valence-electron chi connectivity index (χ4n) is 1.35. The van der Waals surface area contributed by atoms with E-state index >= 15 is 0 Å². The minimum Gasteiger partial charge on any atom is -0.463 e. The molecule has 72 valence electrons. The van der Waals surface area contributed by atoms with Gasteiger partial charge in [0.05, 0.1) is 18.1 Å². The summed E-state index contributed by atoms with van der Waals surface area (Å²) in [5.74, 6) is -0.926. The number of rotatable bonds is 2. The Kier molecular flexibility index (Phi) is 2.70. The van der Waals surface area contributed by atoms with Crippen LogP contribution in [0.15, 0.2) is 11.3 Å². The maximum Gasteiger partial charge on any atom is 0.336 e. The lowest BCUT2D eigenvalue weighted by Crippen LogP contribution is -2.20. The van der Waals surface area contributed by atoms with Crippen LogP contribution in [0.5, 0.6) is 0 Å². The summed E-state index contributed by atoms with van der Waals surface area (Å²) < 4.78 is 4.83. The summed E-state index contributed by atoms with van der Waals surface area (Å²) in [5, 5.41) is 2.60. The quantitative estimate of drug-likeness (QED) is 0.637. The molecule has 1 aliphatic heterocycles. The molecule has 1 amide bonds. The van der Waals surface area contributed by atoms with Crippen LogP contribution >= 0.6 is 0 Å². The third kappa shape index (κ3) is 1.71. The maximum absolute atomic E-state index is 11.3. The van der Waals surface area contributed by atoms with Gasteiger partial charge in [0.15, 0.2) is 0 Å². The van der Waals surface area contributed by atoms with Gasteiger partial charge in [-0.1, -0.05) is 0 Å². The van der Waals surface area contributed by atoms with Crippen molar-refractivity contribution >= 4 is 11.9 Å². The van der Waals surface area contributed by atoms with Crippen molar-refractivity contribution in [2.45, 2.75) is 20.8 Å². The monoisotopic (exact) mass is 183 g/mol. The van der Waals surface area contributed by atoms with E-state index < -0.39 is 5.97 Å². The van der Waals surface area contributed by atoms with Gasteiger partial charge in [0.2, 0.25) is 5.91 Å². The standard InChI is InChI=1S/C9H13NO3/c1-4-13-9(12)7-5(2)8(11)10-6(7)3/h5H,4H2,1-3H3,(H,10,11)/t5-/m0/s1. The molecule has 0 bridgehead atoms. The molecule has 0 aromatic carbocycles. The first-order chi connectivity index (χ1) is 6.07. The number of hydrogen-bond acceptors (Lipinski definition) is 3. The minimum atomic E-state index is -0.397. The number of ether oxygens (including phenoxy) is 1. The summed E-state index contributed by atoms with van der Waals surface area (Å²) >= 11 is 0. The number of carbonyl (C=O) groups is 2. The zero-order valence-corrected chi connectivity index (χ0v) is 8.01. The SMILES string of the molecule is CCOC(=O)C1=C(C)NC(=O)[C@H]1C. The van der Waals surface area contributed by atoms with Crippen LogP contribution in [-0.4, -0.2) is 18.5 Å². The van der Waals surface area contributed by atoms with Gasteiger partial charge in [-0.2, -0.15) is 0 Å². The van der Waals surface area contributed by atoms with E-state index in [1.807, 2.05) is 0 Å². The van der Waals surface area contributed by atoms with Crippen LogP contribution in [0.4, 0.5) is 0 Å². The third-order valence-corrected chi connectivity index (χ3v) is 2.04. The Labute approximate surface area is 76.9 Å². The van der Waals surface area contributed by atoms with Crippen LogP contribution in [-0.2, 0) is 14.3 Å². The summed E-state index contributed by atoms with van der Waals surface area (Å²) in [4.78, 5) is 22.5. The molecule has 0 saturated heterocycles.